The highest BCUT2D eigenvalue weighted by molar-refractivity contribution is 5.36. The first-order valence-electron chi connectivity index (χ1n) is 4.17. The van der Waals surface area contributed by atoms with Crippen molar-refractivity contribution >= 4 is 0 Å². The lowest BCUT2D eigenvalue weighted by molar-refractivity contribution is 0.150. The molecule has 0 aliphatic carbocycles. The smallest absolute Gasteiger partial charge is 0.264 e. The highest BCUT2D eigenvalue weighted by Crippen LogP contribution is 2.26. The summed E-state index contributed by atoms with van der Waals surface area (Å²) in [6.07, 6.45) is -2.42. The molecule has 0 aliphatic rings. The van der Waals surface area contributed by atoms with Gasteiger partial charge in [0.15, 0.2) is 0 Å². The fraction of sp³-hybridized carbons (Fsp3) is 0.400. The van der Waals surface area contributed by atoms with Crippen LogP contribution >= 0.6 is 0 Å². The van der Waals surface area contributed by atoms with Gasteiger partial charge in [0.1, 0.15) is 0 Å². The minimum Gasteiger partial charge on any atom is -0.324 e. The monoisotopic (exact) mass is 185 g/mol. The summed E-state index contributed by atoms with van der Waals surface area (Å²) in [6.45, 7) is 3.47. The number of nitrogens with two attached hydrogens (primary N) is 1. The topological polar surface area (TPSA) is 26.0 Å². The number of hydrogen-bond donors (Lipinski definition) is 1. The van der Waals surface area contributed by atoms with E-state index in [4.69, 9.17) is 5.73 Å². The van der Waals surface area contributed by atoms with Crippen LogP contribution in [0, 0.1) is 6.92 Å². The van der Waals surface area contributed by atoms with E-state index in [1.54, 1.807) is 26.0 Å². The van der Waals surface area contributed by atoms with Gasteiger partial charge >= 0.3 is 0 Å². The molecule has 13 heavy (non-hydrogen) atoms. The fourth-order valence-electron chi connectivity index (χ4n) is 1.40. The van der Waals surface area contributed by atoms with Crippen molar-refractivity contribution in [2.45, 2.75) is 26.3 Å². The second kappa shape index (κ2) is 3.83. The molecular formula is C10H13F2N. The number of hydrogen-bond acceptors (Lipinski definition) is 1. The van der Waals surface area contributed by atoms with Crippen LogP contribution in [0.5, 0.6) is 0 Å². The SMILES string of the molecule is Cc1c(C(F)F)cccc1[C@H](C)N. The first-order chi connectivity index (χ1) is 6.04. The molecule has 0 saturated carbocycles. The Morgan fingerprint density at radius 3 is 2.23 bits per heavy atom. The molecule has 1 nitrogen and oxygen atoms in total. The van der Waals surface area contributed by atoms with Crippen molar-refractivity contribution in [3.8, 4) is 0 Å². The Morgan fingerprint density at radius 2 is 1.77 bits per heavy atom. The third kappa shape index (κ3) is 2.04. The summed E-state index contributed by atoms with van der Waals surface area (Å²) < 4.78 is 24.9. The lowest BCUT2D eigenvalue weighted by Crippen LogP contribution is -2.08. The molecule has 1 aromatic rings. The lowest BCUT2D eigenvalue weighted by Gasteiger charge is -2.13. The molecule has 0 unspecified atom stereocenters. The second-order valence-electron chi connectivity index (χ2n) is 3.15. The third-order valence-corrected chi connectivity index (χ3v) is 2.14. The quantitative estimate of drug-likeness (QED) is 0.753. The molecule has 0 radical (unpaired) electrons. The van der Waals surface area contributed by atoms with Gasteiger partial charge in [-0.15, -0.1) is 0 Å². The van der Waals surface area contributed by atoms with Crippen LogP contribution in [0.25, 0.3) is 0 Å². The molecule has 1 aromatic carbocycles. The summed E-state index contributed by atoms with van der Waals surface area (Å²) >= 11 is 0. The van der Waals surface area contributed by atoms with Crippen molar-refractivity contribution in [3.05, 3.63) is 34.9 Å². The predicted molar refractivity (Wildman–Crippen MR) is 48.7 cm³/mol. The molecule has 0 aromatic heterocycles. The largest absolute Gasteiger partial charge is 0.324 e. The Bertz CT molecular complexity index is 269. The molecule has 0 aliphatic heterocycles. The van der Waals surface area contributed by atoms with Crippen LogP contribution in [-0.2, 0) is 0 Å². The molecular weight excluding hydrogens is 172 g/mol. The first-order valence-corrected chi connectivity index (χ1v) is 4.17. The number of alkyl halides is 2. The van der Waals surface area contributed by atoms with Gasteiger partial charge in [0.2, 0.25) is 0 Å². The maximum absolute atomic E-state index is 12.4. The molecule has 1 atom stereocenters. The number of rotatable bonds is 2. The van der Waals surface area contributed by atoms with E-state index in [1.165, 1.54) is 6.07 Å². The number of halogens is 2. The standard InChI is InChI=1S/C10H13F2N/c1-6-8(7(2)13)4-3-5-9(6)10(11)12/h3-5,7,10H,13H2,1-2H3/t7-/m0/s1. The molecule has 2 N–H and O–H groups in total. The van der Waals surface area contributed by atoms with Gasteiger partial charge in [-0.05, 0) is 25.0 Å². The van der Waals surface area contributed by atoms with Gasteiger partial charge in [-0.3, -0.25) is 0 Å². The van der Waals surface area contributed by atoms with E-state index >= 15 is 0 Å². The Morgan fingerprint density at radius 1 is 1.23 bits per heavy atom. The van der Waals surface area contributed by atoms with Gasteiger partial charge in [-0.2, -0.15) is 0 Å². The molecule has 72 valence electrons. The zero-order valence-electron chi connectivity index (χ0n) is 7.72. The van der Waals surface area contributed by atoms with Gasteiger partial charge in [-0.1, -0.05) is 18.2 Å². The van der Waals surface area contributed by atoms with E-state index in [2.05, 4.69) is 0 Å². The van der Waals surface area contributed by atoms with E-state index in [-0.39, 0.29) is 11.6 Å². The van der Waals surface area contributed by atoms with E-state index in [1.807, 2.05) is 0 Å². The number of benzene rings is 1. The van der Waals surface area contributed by atoms with E-state index in [0.29, 0.717) is 5.56 Å². The van der Waals surface area contributed by atoms with Crippen LogP contribution in [0.1, 0.15) is 36.1 Å². The van der Waals surface area contributed by atoms with E-state index in [0.717, 1.165) is 5.56 Å². The third-order valence-electron chi connectivity index (χ3n) is 2.14. The van der Waals surface area contributed by atoms with Crippen LogP contribution < -0.4 is 5.73 Å². The summed E-state index contributed by atoms with van der Waals surface area (Å²) in [7, 11) is 0. The molecule has 0 bridgehead atoms. The summed E-state index contributed by atoms with van der Waals surface area (Å²) in [5.41, 5.74) is 7.11. The van der Waals surface area contributed by atoms with Gasteiger partial charge < -0.3 is 5.73 Å². The highest BCUT2D eigenvalue weighted by Gasteiger charge is 2.13. The van der Waals surface area contributed by atoms with Gasteiger partial charge in [0, 0.05) is 11.6 Å². The normalized spacial score (nSPS) is 13.4. The molecule has 0 fully saturated rings. The zero-order valence-corrected chi connectivity index (χ0v) is 7.72. The predicted octanol–water partition coefficient (Wildman–Crippen LogP) is 2.95. The molecule has 0 saturated heterocycles. The van der Waals surface area contributed by atoms with Crippen LogP contribution in [0.15, 0.2) is 18.2 Å². The maximum atomic E-state index is 12.4. The summed E-state index contributed by atoms with van der Waals surface area (Å²) in [4.78, 5) is 0. The van der Waals surface area contributed by atoms with Crippen molar-refractivity contribution in [1.29, 1.82) is 0 Å². The highest BCUT2D eigenvalue weighted by atomic mass is 19.3. The summed E-state index contributed by atoms with van der Waals surface area (Å²) in [5, 5.41) is 0. The Balaban J connectivity index is 3.18. The molecule has 0 spiro atoms. The lowest BCUT2D eigenvalue weighted by atomic mass is 9.98. The van der Waals surface area contributed by atoms with Crippen molar-refractivity contribution in [2.24, 2.45) is 5.73 Å². The van der Waals surface area contributed by atoms with Crippen LogP contribution in [0.4, 0.5) is 8.78 Å². The van der Waals surface area contributed by atoms with Crippen LogP contribution in [0.3, 0.4) is 0 Å². The Kier molecular flexibility index (Phi) is 2.98. The van der Waals surface area contributed by atoms with E-state index in [9.17, 15) is 8.78 Å². The molecule has 0 heterocycles. The van der Waals surface area contributed by atoms with Gasteiger partial charge in [0.05, 0.1) is 0 Å². The van der Waals surface area contributed by atoms with Crippen molar-refractivity contribution < 1.29 is 8.78 Å². The first kappa shape index (κ1) is 10.1. The zero-order chi connectivity index (χ0) is 10.0. The van der Waals surface area contributed by atoms with Crippen molar-refractivity contribution in [3.63, 3.8) is 0 Å². The van der Waals surface area contributed by atoms with Gasteiger partial charge in [0.25, 0.3) is 6.43 Å². The molecule has 3 heteroatoms. The summed E-state index contributed by atoms with van der Waals surface area (Å²) in [6, 6.07) is 4.64. The minimum absolute atomic E-state index is 0.0785. The average Bonchev–Trinajstić information content (AvgIpc) is 2.03. The van der Waals surface area contributed by atoms with Crippen LogP contribution in [-0.4, -0.2) is 0 Å². The Labute approximate surface area is 76.6 Å². The molecule has 1 rings (SSSR count). The van der Waals surface area contributed by atoms with Crippen LogP contribution in [0.2, 0.25) is 0 Å². The summed E-state index contributed by atoms with van der Waals surface area (Å²) in [5.74, 6) is 0. The molecule has 0 amide bonds. The van der Waals surface area contributed by atoms with E-state index < -0.39 is 6.43 Å². The van der Waals surface area contributed by atoms with Gasteiger partial charge in [-0.25, -0.2) is 8.78 Å². The Hall–Kier alpha value is -0.960. The fourth-order valence-corrected chi connectivity index (χ4v) is 1.40. The minimum atomic E-state index is -2.42. The maximum Gasteiger partial charge on any atom is 0.264 e. The van der Waals surface area contributed by atoms with Crippen molar-refractivity contribution in [2.75, 3.05) is 0 Å². The second-order valence-corrected chi connectivity index (χ2v) is 3.15. The van der Waals surface area contributed by atoms with Crippen molar-refractivity contribution in [1.82, 2.24) is 0 Å². The average molecular weight is 185 g/mol.